The lowest BCUT2D eigenvalue weighted by molar-refractivity contribution is 0.455. The largest absolute Gasteiger partial charge is 0.383 e. The number of allylic oxidation sites excluding steroid dienone is 2. The lowest BCUT2D eigenvalue weighted by atomic mass is 9.90. The van der Waals surface area contributed by atoms with Gasteiger partial charge in [-0.1, -0.05) is 43.0 Å². The molecule has 0 bridgehead atoms. The van der Waals surface area contributed by atoms with Crippen LogP contribution in [-0.2, 0) is 0 Å². The van der Waals surface area contributed by atoms with E-state index in [2.05, 4.69) is 29.1 Å². The van der Waals surface area contributed by atoms with E-state index in [-0.39, 0.29) is 0 Å². The average molecular weight is 389 g/mol. The smallest absolute Gasteiger partial charge is 0.165 e. The Hall–Kier alpha value is -3.12. The van der Waals surface area contributed by atoms with Crippen molar-refractivity contribution in [3.05, 3.63) is 66.6 Å². The van der Waals surface area contributed by atoms with Crippen LogP contribution >= 0.6 is 0 Å². The van der Waals surface area contributed by atoms with Gasteiger partial charge in [0.05, 0.1) is 11.9 Å². The van der Waals surface area contributed by atoms with E-state index < -0.39 is 0 Å². The van der Waals surface area contributed by atoms with E-state index in [1.807, 2.05) is 55.7 Å². The molecule has 1 fully saturated rings. The van der Waals surface area contributed by atoms with E-state index in [1.165, 1.54) is 0 Å². The predicted octanol–water partition coefficient (Wildman–Crippen LogP) is 3.53. The zero-order valence-corrected chi connectivity index (χ0v) is 17.1. The van der Waals surface area contributed by atoms with Crippen molar-refractivity contribution in [1.29, 1.82) is 0 Å². The van der Waals surface area contributed by atoms with Crippen molar-refractivity contribution in [3.63, 3.8) is 0 Å². The van der Waals surface area contributed by atoms with E-state index >= 15 is 0 Å². The fourth-order valence-corrected chi connectivity index (χ4v) is 4.03. The van der Waals surface area contributed by atoms with E-state index in [4.69, 9.17) is 10.7 Å². The van der Waals surface area contributed by atoms with Crippen LogP contribution in [0.2, 0.25) is 0 Å². The highest BCUT2D eigenvalue weighted by molar-refractivity contribution is 5.85. The third kappa shape index (κ3) is 3.63. The summed E-state index contributed by atoms with van der Waals surface area (Å²) in [7, 11) is 3.98. The molecule has 0 radical (unpaired) electrons. The number of aromatic nitrogens is 3. The summed E-state index contributed by atoms with van der Waals surface area (Å²) in [5.74, 6) is 0.945. The first-order chi connectivity index (χ1) is 14.1. The third-order valence-electron chi connectivity index (χ3n) is 5.38. The van der Waals surface area contributed by atoms with Crippen LogP contribution in [0.4, 0.5) is 5.82 Å². The molecule has 1 unspecified atom stereocenters. The SMILES string of the molecule is C=C/C(=C\N(C)C)c1cnn2c(N)c(-c3ccccc3)c(C3CCCNC3)nc12. The molecule has 6 nitrogen and oxygen atoms in total. The van der Waals surface area contributed by atoms with Gasteiger partial charge in [0, 0.05) is 49.5 Å². The van der Waals surface area contributed by atoms with Crippen LogP contribution < -0.4 is 11.1 Å². The summed E-state index contributed by atoms with van der Waals surface area (Å²) in [6, 6.07) is 10.3. The zero-order chi connectivity index (χ0) is 20.4. The molecule has 1 aliphatic rings. The van der Waals surface area contributed by atoms with Crippen molar-refractivity contribution in [2.75, 3.05) is 32.9 Å². The Balaban J connectivity index is 1.98. The van der Waals surface area contributed by atoms with Crippen molar-refractivity contribution < 1.29 is 0 Å². The molecule has 0 amide bonds. The van der Waals surface area contributed by atoms with Gasteiger partial charge < -0.3 is 16.0 Å². The minimum Gasteiger partial charge on any atom is -0.383 e. The molecule has 3 heterocycles. The second-order valence-electron chi connectivity index (χ2n) is 7.71. The summed E-state index contributed by atoms with van der Waals surface area (Å²) in [6.45, 7) is 5.94. The molecule has 0 spiro atoms. The Morgan fingerprint density at radius 3 is 2.76 bits per heavy atom. The first-order valence-corrected chi connectivity index (χ1v) is 10.0. The van der Waals surface area contributed by atoms with E-state index in [0.29, 0.717) is 11.7 Å². The number of piperidine rings is 1. The summed E-state index contributed by atoms with van der Waals surface area (Å²) in [5.41, 5.74) is 12.5. The number of fused-ring (bicyclic) bond motifs is 1. The number of nitrogens with one attached hydrogen (secondary N) is 1. The maximum absolute atomic E-state index is 6.70. The molecule has 0 aliphatic carbocycles. The van der Waals surface area contributed by atoms with Gasteiger partial charge in [-0.2, -0.15) is 9.61 Å². The second-order valence-corrected chi connectivity index (χ2v) is 7.71. The fourth-order valence-electron chi connectivity index (χ4n) is 4.03. The summed E-state index contributed by atoms with van der Waals surface area (Å²) in [4.78, 5) is 7.14. The Morgan fingerprint density at radius 1 is 1.31 bits per heavy atom. The number of nitrogens with zero attached hydrogens (tertiary/aromatic N) is 4. The van der Waals surface area contributed by atoms with Gasteiger partial charge in [0.25, 0.3) is 0 Å². The normalized spacial score (nSPS) is 17.4. The van der Waals surface area contributed by atoms with Crippen molar-refractivity contribution >= 4 is 17.0 Å². The highest BCUT2D eigenvalue weighted by atomic mass is 15.3. The van der Waals surface area contributed by atoms with Crippen LogP contribution in [0.5, 0.6) is 0 Å². The van der Waals surface area contributed by atoms with Gasteiger partial charge in [-0.05, 0) is 24.9 Å². The van der Waals surface area contributed by atoms with Crippen molar-refractivity contribution in [2.45, 2.75) is 18.8 Å². The van der Waals surface area contributed by atoms with E-state index in [9.17, 15) is 0 Å². The number of rotatable bonds is 5. The molecule has 1 saturated heterocycles. The van der Waals surface area contributed by atoms with E-state index in [1.54, 1.807) is 4.52 Å². The number of hydrogen-bond donors (Lipinski definition) is 2. The maximum Gasteiger partial charge on any atom is 0.165 e. The van der Waals surface area contributed by atoms with E-state index in [0.717, 1.165) is 59.5 Å². The third-order valence-corrected chi connectivity index (χ3v) is 5.38. The van der Waals surface area contributed by atoms with Crippen LogP contribution in [0.25, 0.3) is 22.3 Å². The number of benzene rings is 1. The molecule has 4 rings (SSSR count). The summed E-state index contributed by atoms with van der Waals surface area (Å²) in [5, 5.41) is 8.08. The molecule has 1 aliphatic heterocycles. The van der Waals surface area contributed by atoms with Crippen molar-refractivity contribution in [3.8, 4) is 11.1 Å². The molecule has 1 atom stereocenters. The second kappa shape index (κ2) is 8.09. The van der Waals surface area contributed by atoms with Gasteiger partial charge in [0.15, 0.2) is 5.65 Å². The molecular weight excluding hydrogens is 360 g/mol. The van der Waals surface area contributed by atoms with Gasteiger partial charge in [0.2, 0.25) is 0 Å². The average Bonchev–Trinajstić information content (AvgIpc) is 3.17. The van der Waals surface area contributed by atoms with Gasteiger partial charge in [0.1, 0.15) is 5.82 Å². The molecule has 3 N–H and O–H groups in total. The van der Waals surface area contributed by atoms with Crippen molar-refractivity contribution in [1.82, 2.24) is 24.8 Å². The monoisotopic (exact) mass is 388 g/mol. The summed E-state index contributed by atoms with van der Waals surface area (Å²) in [6.07, 6.45) is 7.92. The zero-order valence-electron chi connectivity index (χ0n) is 17.1. The standard InChI is InChI=1S/C23H28N6/c1-4-16(15-28(2)3)19-14-26-29-22(24)20(17-9-6-5-7-10-17)21(27-23(19)29)18-11-8-12-25-13-18/h4-7,9-10,14-15,18,25H,1,8,11-13,24H2,2-3H3/b16-15+. The van der Waals surface area contributed by atoms with Gasteiger partial charge in [-0.25, -0.2) is 4.98 Å². The molecule has 6 heteroatoms. The molecule has 2 aromatic heterocycles. The predicted molar refractivity (Wildman–Crippen MR) is 120 cm³/mol. The van der Waals surface area contributed by atoms with Crippen LogP contribution in [0, 0.1) is 0 Å². The molecule has 1 aromatic carbocycles. The minimum absolute atomic E-state index is 0.319. The van der Waals surface area contributed by atoms with Crippen LogP contribution in [0.3, 0.4) is 0 Å². The topological polar surface area (TPSA) is 71.5 Å². The number of anilines is 1. The van der Waals surface area contributed by atoms with Gasteiger partial charge in [-0.3, -0.25) is 0 Å². The molecular formula is C23H28N6. The Labute approximate surface area is 171 Å². The maximum atomic E-state index is 6.70. The summed E-state index contributed by atoms with van der Waals surface area (Å²) < 4.78 is 1.75. The Bertz CT molecular complexity index is 1040. The van der Waals surface area contributed by atoms with Crippen LogP contribution in [0.1, 0.15) is 30.0 Å². The quantitative estimate of drug-likeness (QED) is 0.654. The Morgan fingerprint density at radius 2 is 2.10 bits per heavy atom. The fraction of sp³-hybridized carbons (Fsp3) is 0.304. The van der Waals surface area contributed by atoms with Crippen LogP contribution in [0.15, 0.2) is 55.4 Å². The highest BCUT2D eigenvalue weighted by Gasteiger charge is 2.25. The summed E-state index contributed by atoms with van der Waals surface area (Å²) >= 11 is 0. The lowest BCUT2D eigenvalue weighted by Crippen LogP contribution is -2.29. The minimum atomic E-state index is 0.319. The number of nitrogen functional groups attached to an aromatic ring is 1. The first kappa shape index (κ1) is 19.2. The number of hydrogen-bond acceptors (Lipinski definition) is 5. The lowest BCUT2D eigenvalue weighted by Gasteiger charge is -2.25. The molecule has 3 aromatic rings. The van der Waals surface area contributed by atoms with Gasteiger partial charge >= 0.3 is 0 Å². The first-order valence-electron chi connectivity index (χ1n) is 10.0. The highest BCUT2D eigenvalue weighted by Crippen LogP contribution is 2.37. The van der Waals surface area contributed by atoms with Gasteiger partial charge in [-0.15, -0.1) is 0 Å². The number of nitrogens with two attached hydrogens (primary N) is 1. The Kier molecular flexibility index (Phi) is 5.36. The molecule has 29 heavy (non-hydrogen) atoms. The molecule has 150 valence electrons. The molecule has 0 saturated carbocycles. The van der Waals surface area contributed by atoms with Crippen LogP contribution in [-0.4, -0.2) is 46.7 Å². The van der Waals surface area contributed by atoms with Crippen molar-refractivity contribution in [2.24, 2.45) is 0 Å².